The van der Waals surface area contributed by atoms with Gasteiger partial charge in [-0.05, 0) is 56.8 Å². The van der Waals surface area contributed by atoms with Gasteiger partial charge in [0.25, 0.3) is 0 Å². The molecule has 3 rings (SSSR count). The van der Waals surface area contributed by atoms with Gasteiger partial charge in [0.05, 0.1) is 0 Å². The van der Waals surface area contributed by atoms with Gasteiger partial charge < -0.3 is 0 Å². The molecule has 0 saturated carbocycles. The molecule has 0 spiro atoms. The van der Waals surface area contributed by atoms with Crippen molar-refractivity contribution in [3.8, 4) is 0 Å². The molecule has 2 aliphatic heterocycles. The molecule has 0 amide bonds. The summed E-state index contributed by atoms with van der Waals surface area (Å²) in [5, 5.41) is 0.825. The Morgan fingerprint density at radius 1 is 1.25 bits per heavy atom. The fraction of sp³-hybridized carbons (Fsp3) is 0.529. The average Bonchev–Trinajstić information content (AvgIpc) is 2.63. The molecule has 0 radical (unpaired) electrons. The van der Waals surface area contributed by atoms with Gasteiger partial charge >= 0.3 is 0 Å². The number of benzene rings is 1. The van der Waals surface area contributed by atoms with E-state index in [9.17, 15) is 0 Å². The highest BCUT2D eigenvalue weighted by Gasteiger charge is 2.45. The summed E-state index contributed by atoms with van der Waals surface area (Å²) in [7, 11) is 2.29. The van der Waals surface area contributed by atoms with E-state index in [-0.39, 0.29) is 12.4 Å². The van der Waals surface area contributed by atoms with Crippen molar-refractivity contribution in [3.63, 3.8) is 0 Å². The Bertz CT molecular complexity index is 482. The van der Waals surface area contributed by atoms with Gasteiger partial charge in [-0.1, -0.05) is 35.9 Å². The Balaban J connectivity index is 0.00000147. The maximum absolute atomic E-state index is 6.02. The lowest BCUT2D eigenvalue weighted by Crippen LogP contribution is -2.46. The van der Waals surface area contributed by atoms with Crippen molar-refractivity contribution in [3.05, 3.63) is 47.0 Å². The minimum Gasteiger partial charge on any atom is -0.300 e. The van der Waals surface area contributed by atoms with Crippen LogP contribution in [0.4, 0.5) is 0 Å². The summed E-state index contributed by atoms with van der Waals surface area (Å²) in [6.45, 7) is 6.47. The van der Waals surface area contributed by atoms with Crippen molar-refractivity contribution >= 4 is 24.0 Å². The highest BCUT2D eigenvalue weighted by atomic mass is 35.5. The summed E-state index contributed by atoms with van der Waals surface area (Å²) in [6, 6.07) is 9.87. The molecule has 2 bridgehead atoms. The third-order valence-corrected chi connectivity index (χ3v) is 5.39. The molecule has 2 fully saturated rings. The molecule has 20 heavy (non-hydrogen) atoms. The number of piperidine rings is 1. The maximum atomic E-state index is 6.02. The van der Waals surface area contributed by atoms with Gasteiger partial charge in [0.15, 0.2) is 0 Å². The first-order valence-corrected chi connectivity index (χ1v) is 7.58. The third kappa shape index (κ3) is 2.64. The topological polar surface area (TPSA) is 3.24 Å². The quantitative estimate of drug-likeness (QED) is 0.702. The van der Waals surface area contributed by atoms with E-state index in [1.54, 1.807) is 0 Å². The van der Waals surface area contributed by atoms with Crippen molar-refractivity contribution in [2.24, 2.45) is 5.92 Å². The monoisotopic (exact) mass is 311 g/mol. The second-order valence-corrected chi connectivity index (χ2v) is 6.67. The van der Waals surface area contributed by atoms with Crippen LogP contribution in [0.3, 0.4) is 0 Å². The van der Waals surface area contributed by atoms with E-state index < -0.39 is 0 Å². The van der Waals surface area contributed by atoms with Crippen molar-refractivity contribution in [2.75, 3.05) is 7.05 Å². The molecule has 110 valence electrons. The number of fused-ring (bicyclic) bond motifs is 2. The highest BCUT2D eigenvalue weighted by Crippen LogP contribution is 2.48. The summed E-state index contributed by atoms with van der Waals surface area (Å²) < 4.78 is 0. The van der Waals surface area contributed by atoms with Gasteiger partial charge in [-0.15, -0.1) is 12.4 Å². The number of nitrogens with zero attached hydrogens (tertiary/aromatic N) is 1. The van der Waals surface area contributed by atoms with E-state index in [2.05, 4.69) is 37.6 Å². The predicted molar refractivity (Wildman–Crippen MR) is 88.9 cm³/mol. The maximum Gasteiger partial charge on any atom is 0.0406 e. The van der Waals surface area contributed by atoms with Crippen LogP contribution < -0.4 is 0 Å². The zero-order valence-corrected chi connectivity index (χ0v) is 13.8. The van der Waals surface area contributed by atoms with Gasteiger partial charge in [0, 0.05) is 23.0 Å². The van der Waals surface area contributed by atoms with Crippen LogP contribution in [0.5, 0.6) is 0 Å². The second kappa shape index (κ2) is 6.09. The molecule has 2 heterocycles. The molecule has 1 aromatic carbocycles. The van der Waals surface area contributed by atoms with E-state index in [1.165, 1.54) is 30.4 Å². The van der Waals surface area contributed by atoms with Crippen LogP contribution in [0.2, 0.25) is 5.02 Å². The molecule has 1 aromatic rings. The first-order valence-electron chi connectivity index (χ1n) is 7.20. The summed E-state index contributed by atoms with van der Waals surface area (Å²) in [5.41, 5.74) is 2.76. The molecule has 0 aliphatic carbocycles. The predicted octanol–water partition coefficient (Wildman–Crippen LogP) is 4.90. The van der Waals surface area contributed by atoms with E-state index in [1.807, 2.05) is 12.1 Å². The summed E-state index contributed by atoms with van der Waals surface area (Å²) in [6.07, 6.45) is 3.92. The molecular formula is C17H23Cl2N. The van der Waals surface area contributed by atoms with Crippen LogP contribution in [0.15, 0.2) is 36.4 Å². The lowest BCUT2D eigenvalue weighted by molar-refractivity contribution is 0.118. The molecule has 4 atom stereocenters. The summed E-state index contributed by atoms with van der Waals surface area (Å²) in [5.74, 6) is 1.20. The molecular weight excluding hydrogens is 289 g/mol. The first-order chi connectivity index (χ1) is 9.08. The van der Waals surface area contributed by atoms with Crippen molar-refractivity contribution in [1.29, 1.82) is 0 Å². The van der Waals surface area contributed by atoms with Gasteiger partial charge in [0.2, 0.25) is 0 Å². The molecule has 0 aromatic heterocycles. The van der Waals surface area contributed by atoms with E-state index in [0.717, 1.165) is 11.1 Å². The summed E-state index contributed by atoms with van der Waals surface area (Å²) >= 11 is 6.02. The Labute approximate surface area is 133 Å². The van der Waals surface area contributed by atoms with Crippen LogP contribution in [0.1, 0.15) is 37.7 Å². The number of hydrogen-bond donors (Lipinski definition) is 0. The van der Waals surface area contributed by atoms with Crippen molar-refractivity contribution < 1.29 is 0 Å². The van der Waals surface area contributed by atoms with Crippen LogP contribution in [0, 0.1) is 5.92 Å². The normalized spacial score (nSPS) is 32.8. The number of rotatable bonds is 2. The zero-order valence-electron chi connectivity index (χ0n) is 12.2. The smallest absolute Gasteiger partial charge is 0.0406 e. The first kappa shape index (κ1) is 15.9. The minimum atomic E-state index is 0. The van der Waals surface area contributed by atoms with Crippen molar-refractivity contribution in [2.45, 2.75) is 44.2 Å². The number of hydrogen-bond acceptors (Lipinski definition) is 1. The van der Waals surface area contributed by atoms with Gasteiger partial charge in [-0.25, -0.2) is 0 Å². The lowest BCUT2D eigenvalue weighted by Gasteiger charge is -2.43. The average molecular weight is 312 g/mol. The van der Waals surface area contributed by atoms with Crippen LogP contribution in [-0.2, 0) is 0 Å². The minimum absolute atomic E-state index is 0. The van der Waals surface area contributed by atoms with Gasteiger partial charge in [0.1, 0.15) is 0 Å². The standard InChI is InChI=1S/C17H22ClN.ClH/c1-11(2)17-15(12-4-6-13(18)7-5-12)10-14-8-9-16(17)19(14)3;/h4-7,14-17H,1,8-10H2,2-3H3;1H. The van der Waals surface area contributed by atoms with E-state index >= 15 is 0 Å². The second-order valence-electron chi connectivity index (χ2n) is 6.23. The van der Waals surface area contributed by atoms with Gasteiger partial charge in [-0.3, -0.25) is 4.90 Å². The SMILES string of the molecule is C=C(C)C1C(c2ccc(Cl)cc2)CC2CCC1N2C.Cl. The molecule has 0 N–H and O–H groups in total. The van der Waals surface area contributed by atoms with Crippen LogP contribution in [0.25, 0.3) is 0 Å². The van der Waals surface area contributed by atoms with Crippen LogP contribution >= 0.6 is 24.0 Å². The van der Waals surface area contributed by atoms with E-state index in [4.69, 9.17) is 11.6 Å². The Hall–Kier alpha value is -0.500. The zero-order chi connectivity index (χ0) is 13.6. The van der Waals surface area contributed by atoms with Crippen molar-refractivity contribution in [1.82, 2.24) is 4.90 Å². The summed E-state index contributed by atoms with van der Waals surface area (Å²) in [4.78, 5) is 2.59. The molecule has 1 nitrogen and oxygen atoms in total. The fourth-order valence-electron chi connectivity index (χ4n) is 4.19. The molecule has 2 saturated heterocycles. The Morgan fingerprint density at radius 3 is 2.50 bits per heavy atom. The van der Waals surface area contributed by atoms with E-state index in [0.29, 0.717) is 17.9 Å². The Kier molecular flexibility index (Phi) is 4.84. The third-order valence-electron chi connectivity index (χ3n) is 5.14. The fourth-order valence-corrected chi connectivity index (χ4v) is 4.32. The largest absolute Gasteiger partial charge is 0.300 e. The number of halogens is 2. The molecule has 4 unspecified atom stereocenters. The Morgan fingerprint density at radius 2 is 1.90 bits per heavy atom. The highest BCUT2D eigenvalue weighted by molar-refractivity contribution is 6.30. The lowest BCUT2D eigenvalue weighted by atomic mass is 9.73. The molecule has 3 heteroatoms. The van der Waals surface area contributed by atoms with Crippen LogP contribution in [-0.4, -0.2) is 24.0 Å². The van der Waals surface area contributed by atoms with Gasteiger partial charge in [-0.2, -0.15) is 0 Å². The molecule has 2 aliphatic rings.